The van der Waals surface area contributed by atoms with Gasteiger partial charge in [-0.2, -0.15) is 0 Å². The minimum atomic E-state index is -2.19. The van der Waals surface area contributed by atoms with Gasteiger partial charge in [0.05, 0.1) is 6.54 Å². The Kier molecular flexibility index (Phi) is 3.11. The molecule has 1 aliphatic heterocycles. The monoisotopic (exact) mass is 244 g/mol. The number of hydrogen-bond acceptors (Lipinski definition) is 2. The average molecular weight is 244 g/mol. The summed E-state index contributed by atoms with van der Waals surface area (Å²) < 4.78 is 25.4. The van der Waals surface area contributed by atoms with Gasteiger partial charge in [0.2, 0.25) is 0 Å². The Balaban J connectivity index is 1.68. The summed E-state index contributed by atoms with van der Waals surface area (Å²) in [5, 5.41) is 3.68. The number of nitrogens with one attached hydrogen (secondary N) is 1. The van der Waals surface area contributed by atoms with Crippen molar-refractivity contribution in [2.45, 2.75) is 56.5 Å². The molecule has 98 valence electrons. The molecule has 0 aromatic carbocycles. The quantitative estimate of drug-likeness (QED) is 0.819. The zero-order valence-electron chi connectivity index (χ0n) is 10.3. The normalized spacial score (nSPS) is 33.7. The molecule has 0 radical (unpaired) electrons. The maximum atomic E-state index is 12.7. The Labute approximate surface area is 102 Å². The molecule has 0 aromatic rings. The van der Waals surface area contributed by atoms with Gasteiger partial charge in [-0.25, -0.2) is 8.78 Å². The second-order valence-electron chi connectivity index (χ2n) is 6.09. The molecule has 3 rings (SSSR count). The molecule has 1 spiro atoms. The summed E-state index contributed by atoms with van der Waals surface area (Å²) in [5.74, 6) is 0.681. The maximum Gasteiger partial charge on any atom is 0.251 e. The molecule has 1 unspecified atom stereocenters. The number of rotatable bonds is 3. The molecule has 2 saturated carbocycles. The topological polar surface area (TPSA) is 15.3 Å². The summed E-state index contributed by atoms with van der Waals surface area (Å²) in [6.45, 7) is 1.75. The minimum absolute atomic E-state index is 0.0232. The van der Waals surface area contributed by atoms with Crippen molar-refractivity contribution in [3.8, 4) is 0 Å². The third-order valence-corrected chi connectivity index (χ3v) is 4.76. The van der Waals surface area contributed by atoms with Crippen LogP contribution in [0.5, 0.6) is 0 Å². The van der Waals surface area contributed by atoms with E-state index in [1.54, 1.807) is 0 Å². The molecular formula is C13H22F2N2. The fraction of sp³-hybridized carbons (Fsp3) is 1.00. The van der Waals surface area contributed by atoms with Crippen molar-refractivity contribution in [3.05, 3.63) is 0 Å². The lowest BCUT2D eigenvalue weighted by Gasteiger charge is -2.46. The van der Waals surface area contributed by atoms with E-state index in [0.29, 0.717) is 12.0 Å². The summed E-state index contributed by atoms with van der Waals surface area (Å²) in [6, 6.07) is 0.371. The highest BCUT2D eigenvalue weighted by molar-refractivity contribution is 5.04. The first-order valence-corrected chi connectivity index (χ1v) is 6.96. The van der Waals surface area contributed by atoms with Gasteiger partial charge in [-0.15, -0.1) is 0 Å². The molecule has 1 N–H and O–H groups in total. The van der Waals surface area contributed by atoms with E-state index in [2.05, 4.69) is 10.2 Å². The van der Waals surface area contributed by atoms with Gasteiger partial charge in [0.1, 0.15) is 0 Å². The van der Waals surface area contributed by atoms with Crippen molar-refractivity contribution < 1.29 is 8.78 Å². The van der Waals surface area contributed by atoms with E-state index in [1.807, 2.05) is 0 Å². The lowest BCUT2D eigenvalue weighted by atomic mass is 9.91. The maximum absolute atomic E-state index is 12.7. The van der Waals surface area contributed by atoms with E-state index in [4.69, 9.17) is 0 Å². The SMILES string of the molecule is FC(F)CN1CC2(CCCC2)NCC1C1CC1. The first-order valence-electron chi connectivity index (χ1n) is 6.96. The van der Waals surface area contributed by atoms with Gasteiger partial charge in [-0.1, -0.05) is 12.8 Å². The van der Waals surface area contributed by atoms with Gasteiger partial charge in [-0.05, 0) is 31.6 Å². The fourth-order valence-corrected chi connectivity index (χ4v) is 3.72. The van der Waals surface area contributed by atoms with Crippen molar-refractivity contribution in [1.29, 1.82) is 0 Å². The van der Waals surface area contributed by atoms with E-state index in [-0.39, 0.29) is 12.1 Å². The Hall–Kier alpha value is -0.220. The molecule has 4 heteroatoms. The molecule has 0 aromatic heterocycles. The van der Waals surface area contributed by atoms with Crippen LogP contribution in [0.3, 0.4) is 0 Å². The highest BCUT2D eigenvalue weighted by atomic mass is 19.3. The van der Waals surface area contributed by atoms with Crippen LogP contribution >= 0.6 is 0 Å². The Morgan fingerprint density at radius 2 is 1.94 bits per heavy atom. The van der Waals surface area contributed by atoms with E-state index in [0.717, 1.165) is 13.1 Å². The van der Waals surface area contributed by atoms with Crippen LogP contribution in [0.4, 0.5) is 8.78 Å². The molecule has 3 fully saturated rings. The van der Waals surface area contributed by atoms with Gasteiger partial charge in [0, 0.05) is 24.7 Å². The lowest BCUT2D eigenvalue weighted by Crippen LogP contribution is -2.64. The first kappa shape index (κ1) is 11.8. The Morgan fingerprint density at radius 1 is 1.24 bits per heavy atom. The highest BCUT2D eigenvalue weighted by Gasteiger charge is 2.45. The number of nitrogens with zero attached hydrogens (tertiary/aromatic N) is 1. The smallest absolute Gasteiger partial charge is 0.251 e. The van der Waals surface area contributed by atoms with Crippen LogP contribution < -0.4 is 5.32 Å². The third-order valence-electron chi connectivity index (χ3n) is 4.76. The molecule has 1 atom stereocenters. The highest BCUT2D eigenvalue weighted by Crippen LogP contribution is 2.40. The second kappa shape index (κ2) is 4.47. The molecule has 2 nitrogen and oxygen atoms in total. The number of piperazine rings is 1. The van der Waals surface area contributed by atoms with Crippen LogP contribution in [0.25, 0.3) is 0 Å². The first-order chi connectivity index (χ1) is 8.19. The zero-order valence-corrected chi connectivity index (χ0v) is 10.3. The molecule has 0 bridgehead atoms. The summed E-state index contributed by atoms with van der Waals surface area (Å²) >= 11 is 0. The summed E-state index contributed by atoms with van der Waals surface area (Å²) in [4.78, 5) is 2.09. The standard InChI is InChI=1S/C13H22F2N2/c14-12(15)8-17-9-13(5-1-2-6-13)16-7-11(17)10-3-4-10/h10-12,16H,1-9H2. The van der Waals surface area contributed by atoms with Crippen LogP contribution in [-0.2, 0) is 0 Å². The zero-order chi connectivity index (χ0) is 11.9. The Morgan fingerprint density at radius 3 is 2.53 bits per heavy atom. The van der Waals surface area contributed by atoms with Crippen molar-refractivity contribution in [3.63, 3.8) is 0 Å². The van der Waals surface area contributed by atoms with Crippen molar-refractivity contribution in [2.24, 2.45) is 5.92 Å². The van der Waals surface area contributed by atoms with Crippen molar-refractivity contribution in [2.75, 3.05) is 19.6 Å². The van der Waals surface area contributed by atoms with E-state index in [1.165, 1.54) is 38.5 Å². The molecule has 1 saturated heterocycles. The Bertz CT molecular complexity index is 273. The second-order valence-corrected chi connectivity index (χ2v) is 6.09. The molecule has 17 heavy (non-hydrogen) atoms. The number of alkyl halides is 2. The van der Waals surface area contributed by atoms with Crippen LogP contribution in [0, 0.1) is 5.92 Å². The van der Waals surface area contributed by atoms with Gasteiger partial charge >= 0.3 is 0 Å². The van der Waals surface area contributed by atoms with Crippen LogP contribution in [0.1, 0.15) is 38.5 Å². The summed E-state index contributed by atoms with van der Waals surface area (Å²) in [5.41, 5.74) is 0.167. The van der Waals surface area contributed by atoms with E-state index >= 15 is 0 Å². The van der Waals surface area contributed by atoms with Crippen LogP contribution in [-0.4, -0.2) is 42.5 Å². The average Bonchev–Trinajstić information content (AvgIpc) is 3.01. The van der Waals surface area contributed by atoms with Crippen LogP contribution in [0.15, 0.2) is 0 Å². The fourth-order valence-electron chi connectivity index (χ4n) is 3.72. The van der Waals surface area contributed by atoms with E-state index < -0.39 is 6.43 Å². The minimum Gasteiger partial charge on any atom is -0.308 e. The largest absolute Gasteiger partial charge is 0.308 e. The third kappa shape index (κ3) is 2.48. The van der Waals surface area contributed by atoms with Gasteiger partial charge < -0.3 is 5.32 Å². The van der Waals surface area contributed by atoms with E-state index in [9.17, 15) is 8.78 Å². The lowest BCUT2D eigenvalue weighted by molar-refractivity contribution is 0.0142. The molecule has 2 aliphatic carbocycles. The van der Waals surface area contributed by atoms with Gasteiger partial charge in [0.25, 0.3) is 6.43 Å². The predicted molar refractivity (Wildman–Crippen MR) is 63.3 cm³/mol. The molecule has 3 aliphatic rings. The van der Waals surface area contributed by atoms with Crippen LogP contribution in [0.2, 0.25) is 0 Å². The number of hydrogen-bond donors (Lipinski definition) is 1. The van der Waals surface area contributed by atoms with Gasteiger partial charge in [0.15, 0.2) is 0 Å². The molecule has 0 amide bonds. The molecular weight excluding hydrogens is 222 g/mol. The van der Waals surface area contributed by atoms with Crippen molar-refractivity contribution >= 4 is 0 Å². The summed E-state index contributed by atoms with van der Waals surface area (Å²) in [6.07, 6.45) is 5.13. The number of halogens is 2. The predicted octanol–water partition coefficient (Wildman–Crippen LogP) is 2.25. The van der Waals surface area contributed by atoms with Gasteiger partial charge in [-0.3, -0.25) is 4.90 Å². The molecule has 1 heterocycles. The summed E-state index contributed by atoms with van der Waals surface area (Å²) in [7, 11) is 0. The van der Waals surface area contributed by atoms with Crippen molar-refractivity contribution in [1.82, 2.24) is 10.2 Å².